The Bertz CT molecular complexity index is 1280. The van der Waals surface area contributed by atoms with Gasteiger partial charge in [0.15, 0.2) is 11.5 Å². The van der Waals surface area contributed by atoms with Crippen LogP contribution in [-0.4, -0.2) is 42.0 Å². The quantitative estimate of drug-likeness (QED) is 0.297. The van der Waals surface area contributed by atoms with E-state index in [1.165, 1.54) is 0 Å². The van der Waals surface area contributed by atoms with Crippen LogP contribution >= 0.6 is 23.2 Å². The molecule has 0 bridgehead atoms. The highest BCUT2D eigenvalue weighted by molar-refractivity contribution is 6.42. The van der Waals surface area contributed by atoms with Crippen molar-refractivity contribution in [2.24, 2.45) is 0 Å². The van der Waals surface area contributed by atoms with Gasteiger partial charge in [0.2, 0.25) is 11.8 Å². The molecule has 0 saturated heterocycles. The molecule has 0 aromatic heterocycles. The number of carbonyl (C=O) groups is 2. The number of nitrogens with one attached hydrogen (secondary N) is 1. The second-order valence-electron chi connectivity index (χ2n) is 9.77. The van der Waals surface area contributed by atoms with Crippen molar-refractivity contribution in [3.63, 3.8) is 0 Å². The van der Waals surface area contributed by atoms with E-state index in [2.05, 4.69) is 5.32 Å². The zero-order chi connectivity index (χ0) is 27.8. The Hall–Kier alpha value is -3.22. The molecule has 2 atom stereocenters. The molecule has 2 amide bonds. The van der Waals surface area contributed by atoms with Crippen LogP contribution in [0.3, 0.4) is 0 Å². The molecule has 8 heteroatoms. The van der Waals surface area contributed by atoms with E-state index in [1.807, 2.05) is 68.4 Å². The van der Waals surface area contributed by atoms with Gasteiger partial charge in [0.05, 0.1) is 10.0 Å². The molecule has 6 nitrogen and oxygen atoms in total. The Kier molecular flexibility index (Phi) is 10.1. The van der Waals surface area contributed by atoms with E-state index in [9.17, 15) is 9.59 Å². The standard InChI is InChI=1S/C31H34Cl2N2O4/c1-3-21(2)34-31(37)27(18-22-7-5-4-6-8-22)35(20-24-9-12-25(32)26(33)17-24)30(36)14-11-23-10-13-28-29(19-23)39-16-15-38-28/h4-10,12-13,17,19,21,27H,3,11,14-16,18,20H2,1-2H3,(H,34,37)/t21-,27-/m1/s1. The van der Waals surface area contributed by atoms with Crippen molar-refractivity contribution in [2.45, 2.75) is 58.2 Å². The first-order chi connectivity index (χ1) is 18.8. The van der Waals surface area contributed by atoms with Gasteiger partial charge in [-0.05, 0) is 60.7 Å². The molecule has 1 aliphatic rings. The molecule has 1 aliphatic heterocycles. The molecule has 3 aromatic carbocycles. The summed E-state index contributed by atoms with van der Waals surface area (Å²) in [6, 6.07) is 20.1. The van der Waals surface area contributed by atoms with E-state index in [0.29, 0.717) is 47.6 Å². The molecule has 0 unspecified atom stereocenters. The van der Waals surface area contributed by atoms with Crippen LogP contribution in [0.15, 0.2) is 66.7 Å². The number of hydrogen-bond donors (Lipinski definition) is 1. The van der Waals surface area contributed by atoms with E-state index in [1.54, 1.807) is 17.0 Å². The van der Waals surface area contributed by atoms with Gasteiger partial charge in [-0.25, -0.2) is 0 Å². The highest BCUT2D eigenvalue weighted by atomic mass is 35.5. The van der Waals surface area contributed by atoms with Gasteiger partial charge in [0.25, 0.3) is 0 Å². The van der Waals surface area contributed by atoms with Crippen molar-refractivity contribution >= 4 is 35.0 Å². The lowest BCUT2D eigenvalue weighted by atomic mass is 10.0. The summed E-state index contributed by atoms with van der Waals surface area (Å²) in [7, 11) is 0. The fourth-order valence-corrected chi connectivity index (χ4v) is 4.79. The second kappa shape index (κ2) is 13.7. The summed E-state index contributed by atoms with van der Waals surface area (Å²) in [6.45, 7) is 5.23. The lowest BCUT2D eigenvalue weighted by molar-refractivity contribution is -0.141. The summed E-state index contributed by atoms with van der Waals surface area (Å²) in [5, 5.41) is 3.93. The topological polar surface area (TPSA) is 67.9 Å². The van der Waals surface area contributed by atoms with Crippen molar-refractivity contribution in [3.8, 4) is 11.5 Å². The minimum absolute atomic E-state index is 0.0181. The molecule has 3 aromatic rings. The monoisotopic (exact) mass is 568 g/mol. The normalized spacial score (nSPS) is 13.8. The number of carbonyl (C=O) groups excluding carboxylic acids is 2. The van der Waals surface area contributed by atoms with Gasteiger partial charge < -0.3 is 19.7 Å². The number of nitrogens with zero attached hydrogens (tertiary/aromatic N) is 1. The first-order valence-corrected chi connectivity index (χ1v) is 14.1. The average Bonchev–Trinajstić information content (AvgIpc) is 2.95. The van der Waals surface area contributed by atoms with Gasteiger partial charge in [0, 0.05) is 25.4 Å². The summed E-state index contributed by atoms with van der Waals surface area (Å²) >= 11 is 12.4. The van der Waals surface area contributed by atoms with Crippen LogP contribution in [-0.2, 0) is 29.0 Å². The number of halogens is 2. The van der Waals surface area contributed by atoms with E-state index < -0.39 is 6.04 Å². The van der Waals surface area contributed by atoms with E-state index in [4.69, 9.17) is 32.7 Å². The molecule has 1 N–H and O–H groups in total. The molecule has 206 valence electrons. The SMILES string of the molecule is CC[C@@H](C)NC(=O)[C@@H](Cc1ccccc1)N(Cc1ccc(Cl)c(Cl)c1)C(=O)CCc1ccc2c(c1)OCCO2. The van der Waals surface area contributed by atoms with Gasteiger partial charge in [-0.15, -0.1) is 0 Å². The van der Waals surface area contributed by atoms with E-state index in [0.717, 1.165) is 23.1 Å². The fourth-order valence-electron chi connectivity index (χ4n) is 4.47. The first kappa shape index (κ1) is 28.8. The third-order valence-corrected chi connectivity index (χ3v) is 7.58. The highest BCUT2D eigenvalue weighted by Gasteiger charge is 2.31. The van der Waals surface area contributed by atoms with Crippen LogP contribution in [0.2, 0.25) is 10.0 Å². The van der Waals surface area contributed by atoms with Gasteiger partial charge in [0.1, 0.15) is 19.3 Å². The average molecular weight is 570 g/mol. The maximum atomic E-state index is 13.9. The number of ether oxygens (including phenoxy) is 2. The number of aryl methyl sites for hydroxylation is 1. The van der Waals surface area contributed by atoms with Gasteiger partial charge in [-0.2, -0.15) is 0 Å². The molecule has 0 radical (unpaired) electrons. The summed E-state index contributed by atoms with van der Waals surface area (Å²) in [6.07, 6.45) is 1.90. The summed E-state index contributed by atoms with van der Waals surface area (Å²) in [5.74, 6) is 1.09. The number of amides is 2. The predicted octanol–water partition coefficient (Wildman–Crippen LogP) is 6.25. The van der Waals surface area contributed by atoms with E-state index in [-0.39, 0.29) is 30.8 Å². The van der Waals surface area contributed by atoms with Crippen molar-refractivity contribution in [2.75, 3.05) is 13.2 Å². The third kappa shape index (κ3) is 7.90. The minimum atomic E-state index is -0.705. The zero-order valence-corrected chi connectivity index (χ0v) is 23.8. The largest absolute Gasteiger partial charge is 0.486 e. The Morgan fingerprint density at radius 2 is 1.62 bits per heavy atom. The number of rotatable bonds is 11. The van der Waals surface area contributed by atoms with Crippen molar-refractivity contribution < 1.29 is 19.1 Å². The van der Waals surface area contributed by atoms with Gasteiger partial charge >= 0.3 is 0 Å². The Labute approximate surface area is 240 Å². The van der Waals surface area contributed by atoms with Gasteiger partial charge in [-0.1, -0.05) is 72.6 Å². The van der Waals surface area contributed by atoms with E-state index >= 15 is 0 Å². The van der Waals surface area contributed by atoms with Crippen LogP contribution < -0.4 is 14.8 Å². The second-order valence-corrected chi connectivity index (χ2v) is 10.6. The third-order valence-electron chi connectivity index (χ3n) is 6.84. The molecule has 0 fully saturated rings. The highest BCUT2D eigenvalue weighted by Crippen LogP contribution is 2.31. The Morgan fingerprint density at radius 3 is 2.33 bits per heavy atom. The smallest absolute Gasteiger partial charge is 0.243 e. The molecule has 0 saturated carbocycles. The van der Waals surface area contributed by atoms with Crippen LogP contribution in [0.4, 0.5) is 0 Å². The first-order valence-electron chi connectivity index (χ1n) is 13.3. The fraction of sp³-hybridized carbons (Fsp3) is 0.355. The minimum Gasteiger partial charge on any atom is -0.486 e. The molecule has 1 heterocycles. The molecule has 0 aliphatic carbocycles. The van der Waals surface area contributed by atoms with Crippen molar-refractivity contribution in [3.05, 3.63) is 93.5 Å². The lowest BCUT2D eigenvalue weighted by Crippen LogP contribution is -2.52. The zero-order valence-electron chi connectivity index (χ0n) is 22.3. The number of fused-ring (bicyclic) bond motifs is 1. The maximum Gasteiger partial charge on any atom is 0.243 e. The Balaban J connectivity index is 1.61. The summed E-state index contributed by atoms with van der Waals surface area (Å²) < 4.78 is 11.3. The lowest BCUT2D eigenvalue weighted by Gasteiger charge is -2.32. The Morgan fingerprint density at radius 1 is 0.897 bits per heavy atom. The van der Waals surface area contributed by atoms with Crippen molar-refractivity contribution in [1.29, 1.82) is 0 Å². The molecular formula is C31H34Cl2N2O4. The van der Waals surface area contributed by atoms with Crippen LogP contribution in [0, 0.1) is 0 Å². The van der Waals surface area contributed by atoms with Crippen molar-refractivity contribution in [1.82, 2.24) is 10.2 Å². The summed E-state index contributed by atoms with van der Waals surface area (Å²) in [4.78, 5) is 29.2. The van der Waals surface area contributed by atoms with Gasteiger partial charge in [-0.3, -0.25) is 9.59 Å². The predicted molar refractivity (Wildman–Crippen MR) is 155 cm³/mol. The van der Waals surface area contributed by atoms with Crippen LogP contribution in [0.1, 0.15) is 43.4 Å². The molecule has 39 heavy (non-hydrogen) atoms. The number of benzene rings is 3. The molecular weight excluding hydrogens is 535 g/mol. The molecule has 4 rings (SSSR count). The molecule has 0 spiro atoms. The summed E-state index contributed by atoms with van der Waals surface area (Å²) in [5.41, 5.74) is 2.73. The van der Waals surface area contributed by atoms with Crippen LogP contribution in [0.25, 0.3) is 0 Å². The number of hydrogen-bond acceptors (Lipinski definition) is 4. The maximum absolute atomic E-state index is 13.9. The van der Waals surface area contributed by atoms with Crippen LogP contribution in [0.5, 0.6) is 11.5 Å².